The molecule has 0 amide bonds. The second-order valence-electron chi connectivity index (χ2n) is 6.24. The summed E-state index contributed by atoms with van der Waals surface area (Å²) >= 11 is 0. The summed E-state index contributed by atoms with van der Waals surface area (Å²) in [4.78, 5) is 2.27. The third-order valence-corrected chi connectivity index (χ3v) is 4.35. The van der Waals surface area contributed by atoms with E-state index in [4.69, 9.17) is 0 Å². The van der Waals surface area contributed by atoms with Crippen LogP contribution in [0.25, 0.3) is 0 Å². The van der Waals surface area contributed by atoms with E-state index in [1.165, 1.54) is 16.7 Å². The van der Waals surface area contributed by atoms with Crippen molar-refractivity contribution in [3.63, 3.8) is 0 Å². The minimum Gasteiger partial charge on any atom is -0.308 e. The Hall–Kier alpha value is -2.38. The highest BCUT2D eigenvalue weighted by Crippen LogP contribution is 2.39. The number of hydrogen-bond acceptors (Lipinski definition) is 1. The maximum Gasteiger partial charge on any atom is 0.0577 e. The fraction of sp³-hybridized carbons (Fsp3) is 0.182. The highest BCUT2D eigenvalue weighted by molar-refractivity contribution is 5.50. The molecule has 3 aromatic carbocycles. The van der Waals surface area contributed by atoms with Gasteiger partial charge in [0.15, 0.2) is 0 Å². The van der Waals surface area contributed by atoms with Gasteiger partial charge in [-0.3, -0.25) is 0 Å². The Morgan fingerprint density at radius 1 is 0.565 bits per heavy atom. The molecule has 0 saturated carbocycles. The molecule has 1 heteroatoms. The summed E-state index contributed by atoms with van der Waals surface area (Å²) < 4.78 is 0. The molecule has 0 aliphatic carbocycles. The molecule has 0 bridgehead atoms. The Labute approximate surface area is 139 Å². The quantitative estimate of drug-likeness (QED) is 0.623. The van der Waals surface area contributed by atoms with Gasteiger partial charge in [0.25, 0.3) is 0 Å². The lowest BCUT2D eigenvalue weighted by molar-refractivity contribution is 0.346. The molecule has 1 nitrogen and oxygen atoms in total. The Morgan fingerprint density at radius 2 is 0.870 bits per heavy atom. The minimum absolute atomic E-state index is 0.173. The number of hydrogen-bond donors (Lipinski definition) is 0. The third kappa shape index (κ3) is 3.06. The van der Waals surface area contributed by atoms with Crippen molar-refractivity contribution in [2.45, 2.75) is 5.41 Å². The molecule has 0 fully saturated rings. The first-order valence-electron chi connectivity index (χ1n) is 8.05. The summed E-state index contributed by atoms with van der Waals surface area (Å²) in [6.45, 7) is 0.922. The maximum absolute atomic E-state index is 2.27. The standard InChI is InChI=1S/C22H23N/c1-23(2)18-22(19-12-6-3-7-13-19,20-14-8-4-9-15-20)21-16-10-5-11-17-21/h3-17H,18H2,1-2H3. The molecule has 0 spiro atoms. The average Bonchev–Trinajstić information content (AvgIpc) is 2.62. The van der Waals surface area contributed by atoms with Crippen molar-refractivity contribution in [3.8, 4) is 0 Å². The second kappa shape index (κ2) is 6.80. The van der Waals surface area contributed by atoms with Crippen LogP contribution in [0.15, 0.2) is 91.0 Å². The van der Waals surface area contributed by atoms with Crippen LogP contribution in [-0.4, -0.2) is 25.5 Å². The van der Waals surface area contributed by atoms with Gasteiger partial charge in [-0.25, -0.2) is 0 Å². The van der Waals surface area contributed by atoms with Gasteiger partial charge in [0.05, 0.1) is 5.41 Å². The van der Waals surface area contributed by atoms with Crippen LogP contribution in [0, 0.1) is 0 Å². The second-order valence-corrected chi connectivity index (χ2v) is 6.24. The highest BCUT2D eigenvalue weighted by atomic mass is 15.1. The van der Waals surface area contributed by atoms with E-state index in [1.54, 1.807) is 0 Å². The molecule has 0 aliphatic rings. The molecule has 0 aromatic heterocycles. The lowest BCUT2D eigenvalue weighted by Crippen LogP contribution is -2.40. The van der Waals surface area contributed by atoms with Crippen molar-refractivity contribution in [1.29, 1.82) is 0 Å². The van der Waals surface area contributed by atoms with Crippen LogP contribution in [0.1, 0.15) is 16.7 Å². The SMILES string of the molecule is CN(C)CC(c1ccccc1)(c1ccccc1)c1ccccc1. The van der Waals surface area contributed by atoms with Gasteiger partial charge in [0.1, 0.15) is 0 Å². The van der Waals surface area contributed by atoms with E-state index in [0.717, 1.165) is 6.54 Å². The molecule has 0 saturated heterocycles. The first kappa shape index (κ1) is 15.5. The topological polar surface area (TPSA) is 3.24 Å². The molecule has 0 radical (unpaired) electrons. The minimum atomic E-state index is -0.173. The Balaban J connectivity index is 2.30. The van der Waals surface area contributed by atoms with Crippen molar-refractivity contribution in [2.75, 3.05) is 20.6 Å². The van der Waals surface area contributed by atoms with Crippen molar-refractivity contribution >= 4 is 0 Å². The predicted octanol–water partition coefficient (Wildman–Crippen LogP) is 4.58. The first-order valence-corrected chi connectivity index (χ1v) is 8.05. The summed E-state index contributed by atoms with van der Waals surface area (Å²) in [6, 6.07) is 32.5. The van der Waals surface area contributed by atoms with E-state index >= 15 is 0 Å². The van der Waals surface area contributed by atoms with Crippen LogP contribution >= 0.6 is 0 Å². The molecule has 0 aliphatic heterocycles. The van der Waals surface area contributed by atoms with E-state index in [9.17, 15) is 0 Å². The fourth-order valence-corrected chi connectivity index (χ4v) is 3.42. The maximum atomic E-state index is 2.27. The van der Waals surface area contributed by atoms with E-state index in [1.807, 2.05) is 0 Å². The van der Waals surface area contributed by atoms with Crippen LogP contribution in [0.4, 0.5) is 0 Å². The van der Waals surface area contributed by atoms with Gasteiger partial charge < -0.3 is 4.90 Å². The van der Waals surface area contributed by atoms with Gasteiger partial charge in [-0.2, -0.15) is 0 Å². The zero-order valence-corrected chi connectivity index (χ0v) is 13.8. The summed E-state index contributed by atoms with van der Waals surface area (Å²) in [7, 11) is 4.28. The molecule has 3 rings (SSSR count). The lowest BCUT2D eigenvalue weighted by atomic mass is 9.69. The van der Waals surface area contributed by atoms with Gasteiger partial charge >= 0.3 is 0 Å². The zero-order chi connectivity index (χ0) is 16.1. The molecule has 116 valence electrons. The molecule has 0 heterocycles. The van der Waals surface area contributed by atoms with Crippen LogP contribution in [0.2, 0.25) is 0 Å². The van der Waals surface area contributed by atoms with Crippen molar-refractivity contribution in [2.24, 2.45) is 0 Å². The van der Waals surface area contributed by atoms with E-state index in [-0.39, 0.29) is 5.41 Å². The molecule has 0 atom stereocenters. The van der Waals surface area contributed by atoms with E-state index < -0.39 is 0 Å². The largest absolute Gasteiger partial charge is 0.308 e. The third-order valence-electron chi connectivity index (χ3n) is 4.35. The van der Waals surface area contributed by atoms with Crippen molar-refractivity contribution in [1.82, 2.24) is 4.90 Å². The number of rotatable bonds is 5. The van der Waals surface area contributed by atoms with Gasteiger partial charge in [-0.1, -0.05) is 91.0 Å². The summed E-state index contributed by atoms with van der Waals surface area (Å²) in [5, 5.41) is 0. The Bertz CT molecular complexity index is 621. The van der Waals surface area contributed by atoms with Crippen molar-refractivity contribution in [3.05, 3.63) is 108 Å². The van der Waals surface area contributed by atoms with E-state index in [2.05, 4.69) is 110 Å². The summed E-state index contributed by atoms with van der Waals surface area (Å²) in [5.41, 5.74) is 3.80. The van der Waals surface area contributed by atoms with Crippen LogP contribution in [0.3, 0.4) is 0 Å². The predicted molar refractivity (Wildman–Crippen MR) is 97.8 cm³/mol. The monoisotopic (exact) mass is 301 g/mol. The number of likely N-dealkylation sites (N-methyl/N-ethyl adjacent to an activating group) is 1. The van der Waals surface area contributed by atoms with Gasteiger partial charge in [0, 0.05) is 6.54 Å². The molecular weight excluding hydrogens is 278 g/mol. The molecule has 0 N–H and O–H groups in total. The molecule has 0 unspecified atom stereocenters. The van der Waals surface area contributed by atoms with Crippen LogP contribution in [-0.2, 0) is 5.41 Å². The van der Waals surface area contributed by atoms with E-state index in [0.29, 0.717) is 0 Å². The summed E-state index contributed by atoms with van der Waals surface area (Å²) in [6.07, 6.45) is 0. The average molecular weight is 301 g/mol. The van der Waals surface area contributed by atoms with Crippen LogP contribution in [0.5, 0.6) is 0 Å². The van der Waals surface area contributed by atoms with Gasteiger partial charge in [-0.15, -0.1) is 0 Å². The number of benzene rings is 3. The Morgan fingerprint density at radius 3 is 1.13 bits per heavy atom. The molecule has 23 heavy (non-hydrogen) atoms. The normalized spacial score (nSPS) is 11.6. The summed E-state index contributed by atoms with van der Waals surface area (Å²) in [5.74, 6) is 0. The van der Waals surface area contributed by atoms with Crippen molar-refractivity contribution < 1.29 is 0 Å². The highest BCUT2D eigenvalue weighted by Gasteiger charge is 2.36. The van der Waals surface area contributed by atoms with Gasteiger partial charge in [0.2, 0.25) is 0 Å². The smallest absolute Gasteiger partial charge is 0.0577 e. The number of nitrogens with zero attached hydrogens (tertiary/aromatic N) is 1. The Kier molecular flexibility index (Phi) is 4.59. The molecular formula is C22H23N. The molecule has 3 aromatic rings. The zero-order valence-electron chi connectivity index (χ0n) is 13.8. The lowest BCUT2D eigenvalue weighted by Gasteiger charge is -2.38. The fourth-order valence-electron chi connectivity index (χ4n) is 3.42. The van der Waals surface area contributed by atoms with Gasteiger partial charge in [-0.05, 0) is 30.8 Å². The van der Waals surface area contributed by atoms with Crippen LogP contribution < -0.4 is 0 Å². The first-order chi connectivity index (χ1) is 11.2.